The number of methoxy groups -OCH3 is 1. The molecule has 1 aromatic rings. The molecule has 30 heavy (non-hydrogen) atoms. The van der Waals surface area contributed by atoms with Crippen molar-refractivity contribution in [3.63, 3.8) is 0 Å². The Morgan fingerprint density at radius 3 is 2.30 bits per heavy atom. The molecule has 0 saturated carbocycles. The number of anilines is 1. The fourth-order valence-electron chi connectivity index (χ4n) is 4.17. The third kappa shape index (κ3) is 6.51. The van der Waals surface area contributed by atoms with E-state index in [1.165, 1.54) is 31.9 Å². The molecule has 2 aliphatic rings. The standard InChI is InChI=1S/C23H40N6O/c1-5-24-23(25-18-20(2)19-27-12-10-26(3)11-13-27)29-16-14-28(15-17-29)21-6-8-22(30-4)9-7-21/h6-9,20H,5,10-19H2,1-4H3,(H,24,25). The molecule has 1 aromatic carbocycles. The second-order valence-corrected chi connectivity index (χ2v) is 8.58. The summed E-state index contributed by atoms with van der Waals surface area (Å²) in [4.78, 5) is 14.8. The number of rotatable bonds is 7. The summed E-state index contributed by atoms with van der Waals surface area (Å²) < 4.78 is 5.27. The fourth-order valence-corrected chi connectivity index (χ4v) is 4.17. The highest BCUT2D eigenvalue weighted by molar-refractivity contribution is 5.80. The average molecular weight is 417 g/mol. The van der Waals surface area contributed by atoms with Crippen molar-refractivity contribution in [2.45, 2.75) is 13.8 Å². The maximum atomic E-state index is 5.27. The van der Waals surface area contributed by atoms with E-state index in [9.17, 15) is 0 Å². The molecule has 0 amide bonds. The van der Waals surface area contributed by atoms with Crippen LogP contribution >= 0.6 is 0 Å². The quantitative estimate of drug-likeness (QED) is 0.539. The van der Waals surface area contributed by atoms with Crippen molar-refractivity contribution in [3.8, 4) is 5.75 Å². The van der Waals surface area contributed by atoms with Gasteiger partial charge in [-0.1, -0.05) is 6.92 Å². The Morgan fingerprint density at radius 1 is 1.03 bits per heavy atom. The van der Waals surface area contributed by atoms with Crippen molar-refractivity contribution in [3.05, 3.63) is 24.3 Å². The van der Waals surface area contributed by atoms with Crippen molar-refractivity contribution >= 4 is 11.6 Å². The van der Waals surface area contributed by atoms with E-state index in [0.29, 0.717) is 5.92 Å². The molecule has 1 atom stereocenters. The molecular formula is C23H40N6O. The lowest BCUT2D eigenvalue weighted by Crippen LogP contribution is -2.52. The normalized spacial score (nSPS) is 20.3. The zero-order valence-corrected chi connectivity index (χ0v) is 19.3. The van der Waals surface area contributed by atoms with Crippen molar-refractivity contribution in [2.75, 3.05) is 91.0 Å². The molecule has 0 aliphatic carbocycles. The van der Waals surface area contributed by atoms with Gasteiger partial charge in [-0.2, -0.15) is 0 Å². The number of nitrogens with one attached hydrogen (secondary N) is 1. The summed E-state index contributed by atoms with van der Waals surface area (Å²) in [5, 5.41) is 3.51. The summed E-state index contributed by atoms with van der Waals surface area (Å²) in [5.74, 6) is 2.55. The zero-order valence-electron chi connectivity index (χ0n) is 19.3. The van der Waals surface area contributed by atoms with E-state index in [2.05, 4.69) is 57.9 Å². The van der Waals surface area contributed by atoms with Gasteiger partial charge >= 0.3 is 0 Å². The molecule has 0 bridgehead atoms. The number of ether oxygens (including phenoxy) is 1. The number of benzene rings is 1. The lowest BCUT2D eigenvalue weighted by molar-refractivity contribution is 0.140. The molecule has 2 heterocycles. The molecule has 168 valence electrons. The Morgan fingerprint density at radius 2 is 1.70 bits per heavy atom. The van der Waals surface area contributed by atoms with Crippen LogP contribution in [-0.2, 0) is 0 Å². The Bertz CT molecular complexity index is 648. The highest BCUT2D eigenvalue weighted by atomic mass is 16.5. The first kappa shape index (κ1) is 22.7. The van der Waals surface area contributed by atoms with Gasteiger partial charge in [-0.25, -0.2) is 0 Å². The number of aliphatic imine (C=N–C) groups is 1. The van der Waals surface area contributed by atoms with Crippen molar-refractivity contribution in [1.82, 2.24) is 20.0 Å². The molecule has 3 rings (SSSR count). The minimum atomic E-state index is 0.572. The smallest absolute Gasteiger partial charge is 0.194 e. The van der Waals surface area contributed by atoms with Crippen LogP contribution in [0.15, 0.2) is 29.3 Å². The minimum absolute atomic E-state index is 0.572. The molecule has 0 spiro atoms. The summed E-state index contributed by atoms with van der Waals surface area (Å²) >= 11 is 0. The van der Waals surface area contributed by atoms with E-state index < -0.39 is 0 Å². The van der Waals surface area contributed by atoms with Crippen molar-refractivity contribution in [1.29, 1.82) is 0 Å². The van der Waals surface area contributed by atoms with Crippen molar-refractivity contribution in [2.24, 2.45) is 10.9 Å². The Labute approximate surface area is 182 Å². The van der Waals surface area contributed by atoms with Gasteiger partial charge < -0.3 is 29.7 Å². The number of likely N-dealkylation sites (N-methyl/N-ethyl adjacent to an activating group) is 1. The molecule has 1 unspecified atom stereocenters. The summed E-state index contributed by atoms with van der Waals surface area (Å²) in [5.41, 5.74) is 1.26. The van der Waals surface area contributed by atoms with Crippen molar-refractivity contribution < 1.29 is 4.74 Å². The zero-order chi connectivity index (χ0) is 21.3. The van der Waals surface area contributed by atoms with Gasteiger partial charge in [0.1, 0.15) is 5.75 Å². The highest BCUT2D eigenvalue weighted by Gasteiger charge is 2.21. The minimum Gasteiger partial charge on any atom is -0.497 e. The SMILES string of the molecule is CCNC(=NCC(C)CN1CCN(C)CC1)N1CCN(c2ccc(OC)cc2)CC1. The van der Waals surface area contributed by atoms with Crippen LogP contribution in [0.2, 0.25) is 0 Å². The first-order valence-electron chi connectivity index (χ1n) is 11.4. The van der Waals surface area contributed by atoms with Gasteiger partial charge in [0.25, 0.3) is 0 Å². The Kier molecular flexibility index (Phi) is 8.63. The number of nitrogens with zero attached hydrogens (tertiary/aromatic N) is 5. The second kappa shape index (κ2) is 11.4. The molecule has 0 aromatic heterocycles. The van der Waals surface area contributed by atoms with Crippen LogP contribution in [-0.4, -0.2) is 107 Å². The largest absolute Gasteiger partial charge is 0.497 e. The van der Waals surface area contributed by atoms with Gasteiger partial charge in [-0.3, -0.25) is 4.99 Å². The van der Waals surface area contributed by atoms with E-state index in [0.717, 1.165) is 57.5 Å². The topological polar surface area (TPSA) is 46.6 Å². The second-order valence-electron chi connectivity index (χ2n) is 8.58. The van der Waals surface area contributed by atoms with Crippen LogP contribution in [0.4, 0.5) is 5.69 Å². The van der Waals surface area contributed by atoms with Gasteiger partial charge in [-0.05, 0) is 44.2 Å². The van der Waals surface area contributed by atoms with E-state index in [1.54, 1.807) is 7.11 Å². The lowest BCUT2D eigenvalue weighted by atomic mass is 10.1. The Balaban J connectivity index is 1.49. The van der Waals surface area contributed by atoms with E-state index in [1.807, 2.05) is 12.1 Å². The molecule has 0 radical (unpaired) electrons. The molecule has 7 heteroatoms. The molecule has 2 saturated heterocycles. The summed E-state index contributed by atoms with van der Waals surface area (Å²) in [6.07, 6.45) is 0. The lowest BCUT2D eigenvalue weighted by Gasteiger charge is -2.38. The average Bonchev–Trinajstić information content (AvgIpc) is 2.78. The third-order valence-corrected chi connectivity index (χ3v) is 6.07. The maximum Gasteiger partial charge on any atom is 0.194 e. The van der Waals surface area contributed by atoms with E-state index >= 15 is 0 Å². The predicted octanol–water partition coefficient (Wildman–Crippen LogP) is 1.67. The monoisotopic (exact) mass is 416 g/mol. The van der Waals surface area contributed by atoms with Gasteiger partial charge in [0.2, 0.25) is 0 Å². The molecule has 7 nitrogen and oxygen atoms in total. The molecule has 2 aliphatic heterocycles. The van der Waals surface area contributed by atoms with Crippen LogP contribution in [0.25, 0.3) is 0 Å². The predicted molar refractivity (Wildman–Crippen MR) is 126 cm³/mol. The third-order valence-electron chi connectivity index (χ3n) is 6.07. The number of piperazine rings is 2. The number of hydrogen-bond donors (Lipinski definition) is 1. The van der Waals surface area contributed by atoms with Gasteiger partial charge in [0.05, 0.1) is 7.11 Å². The summed E-state index contributed by atoms with van der Waals surface area (Å²) in [6.45, 7) is 16.1. The van der Waals surface area contributed by atoms with Crippen LogP contribution in [0.1, 0.15) is 13.8 Å². The number of hydrogen-bond acceptors (Lipinski definition) is 5. The summed E-state index contributed by atoms with van der Waals surface area (Å²) in [7, 11) is 3.92. The first-order valence-corrected chi connectivity index (χ1v) is 11.4. The van der Waals surface area contributed by atoms with Gasteiger partial charge in [0, 0.05) is 77.7 Å². The van der Waals surface area contributed by atoms with Crippen LogP contribution in [0.5, 0.6) is 5.75 Å². The van der Waals surface area contributed by atoms with Crippen LogP contribution in [0, 0.1) is 5.92 Å². The number of guanidine groups is 1. The molecule has 2 fully saturated rings. The summed E-state index contributed by atoms with van der Waals surface area (Å²) in [6, 6.07) is 8.37. The maximum absolute atomic E-state index is 5.27. The van der Waals surface area contributed by atoms with Crippen LogP contribution < -0.4 is 15.0 Å². The van der Waals surface area contributed by atoms with Gasteiger partial charge in [0.15, 0.2) is 5.96 Å². The highest BCUT2D eigenvalue weighted by Crippen LogP contribution is 2.20. The van der Waals surface area contributed by atoms with E-state index in [4.69, 9.17) is 9.73 Å². The van der Waals surface area contributed by atoms with Gasteiger partial charge in [-0.15, -0.1) is 0 Å². The first-order chi connectivity index (χ1) is 14.6. The van der Waals surface area contributed by atoms with E-state index in [-0.39, 0.29) is 0 Å². The molecular weight excluding hydrogens is 376 g/mol. The molecule has 1 N–H and O–H groups in total. The Hall–Kier alpha value is -1.99. The van der Waals surface area contributed by atoms with Crippen LogP contribution in [0.3, 0.4) is 0 Å². The fraction of sp³-hybridized carbons (Fsp3) is 0.696.